The Hall–Kier alpha value is -1.70. The summed E-state index contributed by atoms with van der Waals surface area (Å²) in [5.41, 5.74) is 1.98. The number of anilines is 3. The minimum Gasteiger partial charge on any atom is -0.354 e. The van der Waals surface area contributed by atoms with Crippen LogP contribution < -0.4 is 10.2 Å². The van der Waals surface area contributed by atoms with Crippen molar-refractivity contribution in [3.8, 4) is 0 Å². The van der Waals surface area contributed by atoms with Crippen molar-refractivity contribution in [2.24, 2.45) is 5.92 Å². The lowest BCUT2D eigenvalue weighted by Crippen LogP contribution is -2.49. The second-order valence-electron chi connectivity index (χ2n) is 8.36. The molecule has 0 amide bonds. The van der Waals surface area contributed by atoms with Crippen molar-refractivity contribution in [3.05, 3.63) is 40.5 Å². The maximum Gasteiger partial charge on any atom is 0.229 e. The van der Waals surface area contributed by atoms with Gasteiger partial charge in [0.05, 0.1) is 0 Å². The highest BCUT2D eigenvalue weighted by atomic mass is 79.9. The first-order valence-electron chi connectivity index (χ1n) is 10.6. The lowest BCUT2D eigenvalue weighted by molar-refractivity contribution is 0.155. The molecule has 1 aromatic heterocycles. The molecule has 2 fully saturated rings. The van der Waals surface area contributed by atoms with Crippen molar-refractivity contribution >= 4 is 33.4 Å². The standard InChI is InChI=1S/C22H31BrN6/c1-17-15-21(26-22(24-17)25-20-5-3-19(23)4-6-20)29-13-11-28(12-14-29)16-18-7-9-27(2)10-8-18/h3-6,15,18H,7-14,16H2,1-2H3,(H,24,25,26). The topological polar surface area (TPSA) is 47.5 Å². The van der Waals surface area contributed by atoms with Crippen LogP contribution in [0, 0.1) is 12.8 Å². The number of rotatable bonds is 5. The number of hydrogen-bond donors (Lipinski definition) is 1. The second-order valence-corrected chi connectivity index (χ2v) is 9.27. The van der Waals surface area contributed by atoms with Gasteiger partial charge in [-0.25, -0.2) is 4.98 Å². The number of piperazine rings is 1. The minimum atomic E-state index is 0.663. The molecule has 4 rings (SSSR count). The maximum atomic E-state index is 4.79. The van der Waals surface area contributed by atoms with E-state index in [0.717, 1.165) is 53.8 Å². The van der Waals surface area contributed by atoms with Gasteiger partial charge in [-0.05, 0) is 70.1 Å². The Labute approximate surface area is 182 Å². The summed E-state index contributed by atoms with van der Waals surface area (Å²) < 4.78 is 1.06. The van der Waals surface area contributed by atoms with Crippen LogP contribution in [-0.2, 0) is 0 Å². The molecule has 0 aliphatic carbocycles. The van der Waals surface area contributed by atoms with Crippen molar-refractivity contribution < 1.29 is 0 Å². The first-order valence-corrected chi connectivity index (χ1v) is 11.4. The quantitative estimate of drug-likeness (QED) is 0.735. The Bertz CT molecular complexity index is 795. The Morgan fingerprint density at radius 2 is 1.69 bits per heavy atom. The number of halogens is 1. The Kier molecular flexibility index (Phi) is 6.67. The van der Waals surface area contributed by atoms with Crippen LogP contribution in [0.5, 0.6) is 0 Å². The van der Waals surface area contributed by atoms with Gasteiger partial charge in [-0.3, -0.25) is 4.90 Å². The molecule has 7 heteroatoms. The van der Waals surface area contributed by atoms with Gasteiger partial charge in [-0.15, -0.1) is 0 Å². The highest BCUT2D eigenvalue weighted by molar-refractivity contribution is 9.10. The number of aromatic nitrogens is 2. The van der Waals surface area contributed by atoms with E-state index in [-0.39, 0.29) is 0 Å². The van der Waals surface area contributed by atoms with Crippen LogP contribution in [0.1, 0.15) is 18.5 Å². The summed E-state index contributed by atoms with van der Waals surface area (Å²) in [6, 6.07) is 10.2. The second kappa shape index (κ2) is 9.41. The fourth-order valence-electron chi connectivity index (χ4n) is 4.20. The number of benzene rings is 1. The van der Waals surface area contributed by atoms with E-state index in [9.17, 15) is 0 Å². The molecule has 0 unspecified atom stereocenters. The summed E-state index contributed by atoms with van der Waals surface area (Å²) in [5, 5.41) is 3.33. The molecule has 0 atom stereocenters. The number of nitrogens with one attached hydrogen (secondary N) is 1. The van der Waals surface area contributed by atoms with Crippen LogP contribution >= 0.6 is 15.9 Å². The third kappa shape index (κ3) is 5.68. The molecule has 0 radical (unpaired) electrons. The molecule has 2 aliphatic heterocycles. The molecular formula is C22H31BrN6. The van der Waals surface area contributed by atoms with Crippen LogP contribution in [0.4, 0.5) is 17.5 Å². The zero-order chi connectivity index (χ0) is 20.2. The van der Waals surface area contributed by atoms with E-state index < -0.39 is 0 Å². The average Bonchev–Trinajstić information content (AvgIpc) is 2.72. The van der Waals surface area contributed by atoms with Gasteiger partial charge in [0.2, 0.25) is 5.95 Å². The van der Waals surface area contributed by atoms with Gasteiger partial charge in [0.1, 0.15) is 5.82 Å². The predicted octanol–water partition coefficient (Wildman–Crippen LogP) is 3.75. The number of likely N-dealkylation sites (tertiary alicyclic amines) is 1. The molecule has 0 bridgehead atoms. The van der Waals surface area contributed by atoms with Gasteiger partial charge in [-0.2, -0.15) is 4.98 Å². The highest BCUT2D eigenvalue weighted by Crippen LogP contribution is 2.22. The summed E-state index contributed by atoms with van der Waals surface area (Å²) in [4.78, 5) is 16.8. The summed E-state index contributed by atoms with van der Waals surface area (Å²) in [7, 11) is 2.23. The van der Waals surface area contributed by atoms with Crippen molar-refractivity contribution in [2.45, 2.75) is 19.8 Å². The fourth-order valence-corrected chi connectivity index (χ4v) is 4.47. The van der Waals surface area contributed by atoms with Crippen LogP contribution in [-0.4, -0.2) is 72.6 Å². The fraction of sp³-hybridized carbons (Fsp3) is 0.545. The molecule has 1 aromatic carbocycles. The average molecular weight is 459 g/mol. The first kappa shape index (κ1) is 20.6. The zero-order valence-electron chi connectivity index (χ0n) is 17.4. The van der Waals surface area contributed by atoms with E-state index >= 15 is 0 Å². The molecule has 2 aromatic rings. The third-order valence-corrected chi connectivity index (χ3v) is 6.52. The summed E-state index contributed by atoms with van der Waals surface area (Å²) in [6.07, 6.45) is 2.68. The third-order valence-electron chi connectivity index (χ3n) is 5.99. The molecule has 29 heavy (non-hydrogen) atoms. The van der Waals surface area contributed by atoms with Crippen molar-refractivity contribution in [3.63, 3.8) is 0 Å². The smallest absolute Gasteiger partial charge is 0.229 e. The van der Waals surface area contributed by atoms with Gasteiger partial charge in [-0.1, -0.05) is 15.9 Å². The van der Waals surface area contributed by atoms with Gasteiger partial charge in [0.25, 0.3) is 0 Å². The summed E-state index contributed by atoms with van der Waals surface area (Å²) >= 11 is 3.47. The predicted molar refractivity (Wildman–Crippen MR) is 123 cm³/mol. The van der Waals surface area contributed by atoms with Crippen molar-refractivity contribution in [1.29, 1.82) is 0 Å². The van der Waals surface area contributed by atoms with Crippen LogP contribution in [0.15, 0.2) is 34.8 Å². The number of nitrogens with zero attached hydrogens (tertiary/aromatic N) is 5. The molecular weight excluding hydrogens is 428 g/mol. The molecule has 1 N–H and O–H groups in total. The van der Waals surface area contributed by atoms with E-state index in [1.54, 1.807) is 0 Å². The highest BCUT2D eigenvalue weighted by Gasteiger charge is 2.23. The number of hydrogen-bond acceptors (Lipinski definition) is 6. The SMILES string of the molecule is Cc1cc(N2CCN(CC3CCN(C)CC3)CC2)nc(Nc2ccc(Br)cc2)n1. The van der Waals surface area contributed by atoms with E-state index in [4.69, 9.17) is 4.98 Å². The van der Waals surface area contributed by atoms with E-state index in [2.05, 4.69) is 54.0 Å². The van der Waals surface area contributed by atoms with Gasteiger partial charge < -0.3 is 15.1 Å². The van der Waals surface area contributed by atoms with Crippen LogP contribution in [0.25, 0.3) is 0 Å². The molecule has 2 saturated heterocycles. The van der Waals surface area contributed by atoms with E-state index in [0.29, 0.717) is 5.95 Å². The normalized spacial score (nSPS) is 19.5. The first-order chi connectivity index (χ1) is 14.0. The Morgan fingerprint density at radius 1 is 1.00 bits per heavy atom. The molecule has 2 aliphatic rings. The summed E-state index contributed by atoms with van der Waals surface area (Å²) in [6.45, 7) is 10.1. The number of piperidine rings is 1. The molecule has 0 spiro atoms. The number of aryl methyl sites for hydroxylation is 1. The van der Waals surface area contributed by atoms with Crippen molar-refractivity contribution in [1.82, 2.24) is 19.8 Å². The lowest BCUT2D eigenvalue weighted by Gasteiger charge is -2.38. The Morgan fingerprint density at radius 3 is 2.38 bits per heavy atom. The maximum absolute atomic E-state index is 4.79. The van der Waals surface area contributed by atoms with Gasteiger partial charge in [0.15, 0.2) is 0 Å². The van der Waals surface area contributed by atoms with Crippen LogP contribution in [0.2, 0.25) is 0 Å². The summed E-state index contributed by atoms with van der Waals surface area (Å²) in [5.74, 6) is 2.55. The van der Waals surface area contributed by atoms with Gasteiger partial charge >= 0.3 is 0 Å². The lowest BCUT2D eigenvalue weighted by atomic mass is 9.96. The molecule has 0 saturated carbocycles. The minimum absolute atomic E-state index is 0.663. The largest absolute Gasteiger partial charge is 0.354 e. The molecule has 156 valence electrons. The zero-order valence-corrected chi connectivity index (χ0v) is 19.0. The van der Waals surface area contributed by atoms with Crippen LogP contribution in [0.3, 0.4) is 0 Å². The monoisotopic (exact) mass is 458 g/mol. The molecule has 3 heterocycles. The van der Waals surface area contributed by atoms with Crippen molar-refractivity contribution in [2.75, 3.05) is 63.1 Å². The van der Waals surface area contributed by atoms with Gasteiger partial charge in [0, 0.05) is 54.6 Å². The molecule has 6 nitrogen and oxygen atoms in total. The van der Waals surface area contributed by atoms with E-state index in [1.807, 2.05) is 31.2 Å². The van der Waals surface area contributed by atoms with E-state index in [1.165, 1.54) is 32.5 Å². The Balaban J connectivity index is 1.34.